The summed E-state index contributed by atoms with van der Waals surface area (Å²) in [6.07, 6.45) is 3.89. The minimum Gasteiger partial charge on any atom is -0.339 e. The smallest absolute Gasteiger partial charge is 0.0603 e. The number of aromatic nitrogens is 2. The normalized spacial score (nSPS) is 10.4. The quantitative estimate of drug-likeness (QED) is 0.223. The average Bonchev–Trinajstić information content (AvgIpc) is 3.30. The van der Waals surface area contributed by atoms with E-state index in [9.17, 15) is 0 Å². The van der Waals surface area contributed by atoms with E-state index < -0.39 is 0 Å². The number of imidazole rings is 1. The number of rotatable bonds is 4. The summed E-state index contributed by atoms with van der Waals surface area (Å²) in [4.78, 5) is 4.66. The maximum atomic E-state index is 4.66. The molecule has 0 bridgehead atoms. The van der Waals surface area contributed by atoms with Crippen LogP contribution in [0, 0.1) is 6.07 Å². The zero-order valence-corrected chi connectivity index (χ0v) is 18.6. The first kappa shape index (κ1) is 20.0. The van der Waals surface area contributed by atoms with Crippen LogP contribution in [0.4, 0.5) is 0 Å². The van der Waals surface area contributed by atoms with E-state index in [-0.39, 0.29) is 20.1 Å². The molecule has 5 rings (SSSR count). The second-order valence-electron chi connectivity index (χ2n) is 6.83. The van der Waals surface area contributed by atoms with Gasteiger partial charge in [0.15, 0.2) is 0 Å². The molecule has 0 saturated carbocycles. The molecule has 1 radical (unpaired) electrons. The number of nitrogens with zero attached hydrogens (tertiary/aromatic N) is 2. The summed E-state index contributed by atoms with van der Waals surface area (Å²) >= 11 is 0. The van der Waals surface area contributed by atoms with E-state index in [0.717, 1.165) is 17.1 Å². The van der Waals surface area contributed by atoms with Crippen molar-refractivity contribution in [3.05, 3.63) is 122 Å². The topological polar surface area (TPSA) is 17.8 Å². The van der Waals surface area contributed by atoms with Gasteiger partial charge in [-0.3, -0.25) is 4.98 Å². The predicted molar refractivity (Wildman–Crippen MR) is 119 cm³/mol. The van der Waals surface area contributed by atoms with Gasteiger partial charge in [-0.25, -0.2) is 0 Å². The average molecular weight is 564 g/mol. The van der Waals surface area contributed by atoms with Crippen LogP contribution in [0.15, 0.2) is 116 Å². The molecule has 5 aromatic rings. The van der Waals surface area contributed by atoms with Crippen molar-refractivity contribution < 1.29 is 20.1 Å². The number of para-hydroxylation sites is 1. The molecule has 0 amide bonds. The van der Waals surface area contributed by atoms with Crippen LogP contribution in [-0.2, 0) is 20.1 Å². The minimum absolute atomic E-state index is 0. The van der Waals surface area contributed by atoms with E-state index >= 15 is 0 Å². The molecule has 147 valence electrons. The molecule has 0 aliphatic carbocycles. The van der Waals surface area contributed by atoms with E-state index in [1.54, 1.807) is 0 Å². The molecule has 0 N–H and O–H groups in total. The van der Waals surface area contributed by atoms with Gasteiger partial charge in [0, 0.05) is 43.6 Å². The Bertz CT molecular complexity index is 1170. The second kappa shape index (κ2) is 9.04. The monoisotopic (exact) mass is 564 g/mol. The molecule has 1 heterocycles. The Hall–Kier alpha value is -3.26. The van der Waals surface area contributed by atoms with Crippen LogP contribution >= 0.6 is 0 Å². The van der Waals surface area contributed by atoms with Crippen LogP contribution in [-0.4, -0.2) is 9.55 Å². The fourth-order valence-corrected chi connectivity index (χ4v) is 3.72. The van der Waals surface area contributed by atoms with Crippen LogP contribution in [0.1, 0.15) is 0 Å². The fraction of sp³-hybridized carbons (Fsp3) is 0. The maximum absolute atomic E-state index is 4.66. The van der Waals surface area contributed by atoms with Crippen molar-refractivity contribution in [2.75, 3.05) is 0 Å². The molecule has 3 heteroatoms. The van der Waals surface area contributed by atoms with E-state index in [0.29, 0.717) is 0 Å². The Balaban J connectivity index is 0.00000218. The molecule has 0 unspecified atom stereocenters. The summed E-state index contributed by atoms with van der Waals surface area (Å²) in [5, 5.41) is 0. The number of hydrogen-bond acceptors (Lipinski definition) is 1. The van der Waals surface area contributed by atoms with Gasteiger partial charge in [-0.15, -0.1) is 35.9 Å². The van der Waals surface area contributed by atoms with Crippen LogP contribution in [0.2, 0.25) is 0 Å². The third-order valence-corrected chi connectivity index (χ3v) is 5.04. The van der Waals surface area contributed by atoms with Gasteiger partial charge in [0.05, 0.1) is 11.5 Å². The Labute approximate surface area is 190 Å². The fourth-order valence-electron chi connectivity index (χ4n) is 3.72. The molecule has 2 nitrogen and oxygen atoms in total. The molecular formula is C27H19IrN2-. The Kier molecular flexibility index (Phi) is 6.04. The molecule has 1 aromatic heterocycles. The predicted octanol–water partition coefficient (Wildman–Crippen LogP) is 6.67. The van der Waals surface area contributed by atoms with E-state index in [2.05, 4.69) is 82.3 Å². The Morgan fingerprint density at radius 1 is 0.633 bits per heavy atom. The summed E-state index contributed by atoms with van der Waals surface area (Å²) in [7, 11) is 0. The van der Waals surface area contributed by atoms with Gasteiger partial charge in [0.1, 0.15) is 0 Å². The van der Waals surface area contributed by atoms with E-state index in [1.807, 2.05) is 48.8 Å². The first-order valence-corrected chi connectivity index (χ1v) is 9.66. The summed E-state index contributed by atoms with van der Waals surface area (Å²) in [5.74, 6) is 0.881. The summed E-state index contributed by atoms with van der Waals surface area (Å²) in [6, 6.07) is 38.8. The van der Waals surface area contributed by atoms with Gasteiger partial charge in [-0.05, 0) is 11.1 Å². The summed E-state index contributed by atoms with van der Waals surface area (Å²) in [6.45, 7) is 0. The number of hydrogen-bond donors (Lipinski definition) is 0. The SMILES string of the molecule is [Ir].[c-]1ccccc1-c1nccn1-c1c(-c2ccccc2)cccc1-c1ccccc1. The van der Waals surface area contributed by atoms with Gasteiger partial charge < -0.3 is 4.57 Å². The molecule has 0 atom stereocenters. The third-order valence-electron chi connectivity index (χ3n) is 5.04. The summed E-state index contributed by atoms with van der Waals surface area (Å²) < 4.78 is 2.18. The molecule has 0 saturated heterocycles. The van der Waals surface area contributed by atoms with Gasteiger partial charge >= 0.3 is 0 Å². The minimum atomic E-state index is 0. The van der Waals surface area contributed by atoms with Crippen LogP contribution in [0.5, 0.6) is 0 Å². The molecule has 4 aromatic carbocycles. The van der Waals surface area contributed by atoms with Crippen LogP contribution < -0.4 is 0 Å². The standard InChI is InChI=1S/C27H19N2.Ir/c1-4-11-21(12-5-1)24-17-10-18-25(22-13-6-2-7-14-22)26(24)29-20-19-28-27(29)23-15-8-3-9-16-23;/h1-15,17-20H;/q-1;. The maximum Gasteiger partial charge on any atom is 0.0603 e. The summed E-state index contributed by atoms with van der Waals surface area (Å²) in [5.41, 5.74) is 6.78. The van der Waals surface area contributed by atoms with Crippen molar-refractivity contribution in [2.24, 2.45) is 0 Å². The molecule has 0 aliphatic heterocycles. The van der Waals surface area contributed by atoms with E-state index in [4.69, 9.17) is 0 Å². The van der Waals surface area contributed by atoms with Crippen molar-refractivity contribution in [3.63, 3.8) is 0 Å². The zero-order chi connectivity index (χ0) is 19.5. The third kappa shape index (κ3) is 3.78. The molecule has 30 heavy (non-hydrogen) atoms. The van der Waals surface area contributed by atoms with Gasteiger partial charge in [-0.1, -0.05) is 78.9 Å². The van der Waals surface area contributed by atoms with Gasteiger partial charge in [0.2, 0.25) is 0 Å². The van der Waals surface area contributed by atoms with Crippen LogP contribution in [0.25, 0.3) is 39.3 Å². The van der Waals surface area contributed by atoms with Gasteiger partial charge in [-0.2, -0.15) is 0 Å². The largest absolute Gasteiger partial charge is 0.339 e. The zero-order valence-electron chi connectivity index (χ0n) is 16.2. The van der Waals surface area contributed by atoms with Crippen molar-refractivity contribution >= 4 is 0 Å². The first-order valence-electron chi connectivity index (χ1n) is 9.66. The van der Waals surface area contributed by atoms with E-state index in [1.165, 1.54) is 22.3 Å². The van der Waals surface area contributed by atoms with Crippen molar-refractivity contribution in [3.8, 4) is 39.3 Å². The van der Waals surface area contributed by atoms with Crippen LogP contribution in [0.3, 0.4) is 0 Å². The Morgan fingerprint density at radius 2 is 1.23 bits per heavy atom. The molecule has 0 aliphatic rings. The first-order chi connectivity index (χ1) is 14.4. The van der Waals surface area contributed by atoms with Crippen molar-refractivity contribution in [2.45, 2.75) is 0 Å². The second-order valence-corrected chi connectivity index (χ2v) is 6.83. The van der Waals surface area contributed by atoms with Gasteiger partial charge in [0.25, 0.3) is 0 Å². The Morgan fingerprint density at radius 3 is 1.80 bits per heavy atom. The van der Waals surface area contributed by atoms with Crippen molar-refractivity contribution in [1.29, 1.82) is 0 Å². The molecule has 0 spiro atoms. The molecular weight excluding hydrogens is 545 g/mol. The molecule has 0 fully saturated rings. The van der Waals surface area contributed by atoms with Crippen molar-refractivity contribution in [1.82, 2.24) is 9.55 Å². The number of benzene rings is 4.